The fraction of sp³-hybridized carbons (Fsp3) is 0.375. The zero-order valence-corrected chi connectivity index (χ0v) is 13.9. The lowest BCUT2D eigenvalue weighted by atomic mass is 10.2. The quantitative estimate of drug-likeness (QED) is 0.476. The first kappa shape index (κ1) is 19.1. The zero-order valence-electron chi connectivity index (χ0n) is 13.9. The van der Waals surface area contributed by atoms with Crippen molar-refractivity contribution < 1.29 is 26.7 Å². The zero-order chi connectivity index (χ0) is 19.6. The third kappa shape index (κ3) is 3.72. The molecule has 6 nitrogen and oxygen atoms in total. The van der Waals surface area contributed by atoms with E-state index in [4.69, 9.17) is 4.74 Å². The van der Waals surface area contributed by atoms with Crippen molar-refractivity contribution >= 4 is 5.82 Å². The van der Waals surface area contributed by atoms with Crippen LogP contribution in [0.25, 0.3) is 0 Å². The van der Waals surface area contributed by atoms with E-state index >= 15 is 0 Å². The van der Waals surface area contributed by atoms with Crippen LogP contribution in [0.4, 0.5) is 27.8 Å². The van der Waals surface area contributed by atoms with Gasteiger partial charge in [-0.1, -0.05) is 0 Å². The number of nitrogens with zero attached hydrogens (tertiary/aromatic N) is 3. The molecular weight excluding hydrogens is 375 g/mol. The van der Waals surface area contributed by atoms with Crippen molar-refractivity contribution in [1.82, 2.24) is 14.9 Å². The summed E-state index contributed by atoms with van der Waals surface area (Å²) in [6, 6.07) is 0. The van der Waals surface area contributed by atoms with Gasteiger partial charge in [-0.2, -0.15) is 8.78 Å². The Balaban J connectivity index is 1.74. The molecule has 0 radical (unpaired) electrons. The minimum atomic E-state index is -2.26. The molecule has 146 valence electrons. The Hall–Kier alpha value is -2.69. The van der Waals surface area contributed by atoms with E-state index in [1.165, 1.54) is 17.0 Å². The van der Waals surface area contributed by atoms with E-state index in [-0.39, 0.29) is 12.4 Å². The molecule has 0 bridgehead atoms. The number of aromatic nitrogens is 2. The van der Waals surface area contributed by atoms with E-state index in [1.807, 2.05) is 0 Å². The summed E-state index contributed by atoms with van der Waals surface area (Å²) in [4.78, 5) is 18.3. The maximum Gasteiger partial charge on any atom is 0.293 e. The van der Waals surface area contributed by atoms with Crippen LogP contribution >= 0.6 is 0 Å². The molecule has 1 aliphatic rings. The van der Waals surface area contributed by atoms with E-state index in [0.29, 0.717) is 26.2 Å². The van der Waals surface area contributed by atoms with Crippen LogP contribution in [0, 0.1) is 29.1 Å². The van der Waals surface area contributed by atoms with Crippen molar-refractivity contribution in [3.63, 3.8) is 0 Å². The van der Waals surface area contributed by atoms with Crippen LogP contribution in [-0.4, -0.2) is 42.3 Å². The second-order valence-corrected chi connectivity index (χ2v) is 5.73. The summed E-state index contributed by atoms with van der Waals surface area (Å²) in [5, 5.41) is 3.14. The fourth-order valence-corrected chi connectivity index (χ4v) is 2.66. The maximum atomic E-state index is 13.6. The minimum Gasteiger partial charge on any atom is -0.486 e. The Kier molecular flexibility index (Phi) is 5.59. The van der Waals surface area contributed by atoms with Gasteiger partial charge in [-0.3, -0.25) is 4.79 Å². The lowest BCUT2D eigenvalue weighted by Gasteiger charge is -2.27. The van der Waals surface area contributed by atoms with Gasteiger partial charge in [-0.05, 0) is 0 Å². The Morgan fingerprint density at radius 3 is 2.22 bits per heavy atom. The fourth-order valence-electron chi connectivity index (χ4n) is 2.66. The highest BCUT2D eigenvalue weighted by atomic mass is 19.2. The number of rotatable bonds is 5. The van der Waals surface area contributed by atoms with Crippen LogP contribution in [0.5, 0.6) is 5.75 Å². The first-order valence-corrected chi connectivity index (χ1v) is 8.07. The van der Waals surface area contributed by atoms with Gasteiger partial charge in [0.15, 0.2) is 11.6 Å². The van der Waals surface area contributed by atoms with Gasteiger partial charge in [0.1, 0.15) is 6.61 Å². The van der Waals surface area contributed by atoms with E-state index in [9.17, 15) is 26.7 Å². The number of benzene rings is 1. The molecule has 0 atom stereocenters. The molecule has 11 heteroatoms. The molecule has 0 amide bonds. The van der Waals surface area contributed by atoms with Crippen molar-refractivity contribution in [3.05, 3.63) is 51.8 Å². The van der Waals surface area contributed by atoms with Crippen molar-refractivity contribution in [3.8, 4) is 5.75 Å². The van der Waals surface area contributed by atoms with Crippen LogP contribution in [0.15, 0.2) is 17.2 Å². The van der Waals surface area contributed by atoms with E-state index < -0.39 is 47.0 Å². The van der Waals surface area contributed by atoms with Crippen molar-refractivity contribution in [2.75, 3.05) is 37.7 Å². The summed E-state index contributed by atoms with van der Waals surface area (Å²) in [6.45, 7) is 1.92. The molecule has 1 aliphatic heterocycles. The molecule has 2 aromatic rings. The molecule has 0 unspecified atom stereocenters. The molecule has 0 aliphatic carbocycles. The smallest absolute Gasteiger partial charge is 0.293 e. The first-order valence-electron chi connectivity index (χ1n) is 8.07. The van der Waals surface area contributed by atoms with Gasteiger partial charge < -0.3 is 19.5 Å². The number of piperazine rings is 1. The Bertz CT molecular complexity index is 870. The topological polar surface area (TPSA) is 59.4 Å². The van der Waals surface area contributed by atoms with Crippen LogP contribution in [0.1, 0.15) is 0 Å². The van der Waals surface area contributed by atoms with Gasteiger partial charge in [-0.25, -0.2) is 18.2 Å². The predicted octanol–water partition coefficient (Wildman–Crippen LogP) is 1.43. The summed E-state index contributed by atoms with van der Waals surface area (Å²) in [5.74, 6) is -11.7. The highest BCUT2D eigenvalue weighted by molar-refractivity contribution is 5.36. The number of ether oxygens (including phenoxy) is 1. The molecular formula is C16H15F5N4O2. The number of halogens is 5. The number of hydrogen-bond acceptors (Lipinski definition) is 5. The third-order valence-corrected chi connectivity index (χ3v) is 4.06. The Morgan fingerprint density at radius 2 is 1.59 bits per heavy atom. The van der Waals surface area contributed by atoms with Crippen LogP contribution in [-0.2, 0) is 6.54 Å². The van der Waals surface area contributed by atoms with Crippen LogP contribution < -0.4 is 20.5 Å². The molecule has 3 rings (SSSR count). The normalized spacial score (nSPS) is 14.5. The monoisotopic (exact) mass is 390 g/mol. The predicted molar refractivity (Wildman–Crippen MR) is 85.3 cm³/mol. The standard InChI is InChI=1S/C16H15F5N4O2/c17-9-10(18)12(20)14(13(21)11(9)19)27-8-7-25-6-3-23-15(16(25)26)24-4-1-22-2-5-24/h3,6,22H,1-2,4-5,7-8H2. The van der Waals surface area contributed by atoms with Gasteiger partial charge in [0, 0.05) is 38.6 Å². The van der Waals surface area contributed by atoms with Gasteiger partial charge in [0.05, 0.1) is 6.54 Å². The summed E-state index contributed by atoms with van der Waals surface area (Å²) in [5.41, 5.74) is -0.444. The van der Waals surface area contributed by atoms with Crippen molar-refractivity contribution in [2.45, 2.75) is 6.54 Å². The van der Waals surface area contributed by atoms with Crippen LogP contribution in [0.2, 0.25) is 0 Å². The molecule has 1 aromatic carbocycles. The van der Waals surface area contributed by atoms with Gasteiger partial charge in [-0.15, -0.1) is 0 Å². The molecule has 0 saturated carbocycles. The van der Waals surface area contributed by atoms with Crippen molar-refractivity contribution in [1.29, 1.82) is 0 Å². The summed E-state index contributed by atoms with van der Waals surface area (Å²) in [6.07, 6.45) is 2.73. The van der Waals surface area contributed by atoms with E-state index in [2.05, 4.69) is 10.3 Å². The largest absolute Gasteiger partial charge is 0.486 e. The maximum absolute atomic E-state index is 13.6. The number of hydrogen-bond donors (Lipinski definition) is 1. The molecule has 27 heavy (non-hydrogen) atoms. The van der Waals surface area contributed by atoms with E-state index in [0.717, 1.165) is 0 Å². The summed E-state index contributed by atoms with van der Waals surface area (Å²) >= 11 is 0. The molecule has 1 aromatic heterocycles. The average molecular weight is 390 g/mol. The van der Waals surface area contributed by atoms with Crippen LogP contribution in [0.3, 0.4) is 0 Å². The van der Waals surface area contributed by atoms with Gasteiger partial charge >= 0.3 is 0 Å². The SMILES string of the molecule is O=c1c(N2CCNCC2)nccn1CCOc1c(F)c(F)c(F)c(F)c1F. The lowest BCUT2D eigenvalue weighted by molar-refractivity contribution is 0.250. The summed E-state index contributed by atoms with van der Waals surface area (Å²) in [7, 11) is 0. The molecule has 1 saturated heterocycles. The van der Waals surface area contributed by atoms with Gasteiger partial charge in [0.25, 0.3) is 5.56 Å². The Morgan fingerprint density at radius 1 is 1.00 bits per heavy atom. The van der Waals surface area contributed by atoms with Crippen molar-refractivity contribution in [2.24, 2.45) is 0 Å². The number of anilines is 1. The Labute approximate surface area is 150 Å². The second-order valence-electron chi connectivity index (χ2n) is 5.73. The average Bonchev–Trinajstić information content (AvgIpc) is 2.69. The highest BCUT2D eigenvalue weighted by Crippen LogP contribution is 2.29. The minimum absolute atomic E-state index is 0.167. The molecule has 1 fully saturated rings. The third-order valence-electron chi connectivity index (χ3n) is 4.06. The first-order chi connectivity index (χ1) is 12.9. The van der Waals surface area contributed by atoms with E-state index in [1.54, 1.807) is 4.90 Å². The second kappa shape index (κ2) is 7.91. The van der Waals surface area contributed by atoms with Gasteiger partial charge in [0.2, 0.25) is 29.1 Å². The highest BCUT2D eigenvalue weighted by Gasteiger charge is 2.27. The summed E-state index contributed by atoms with van der Waals surface area (Å²) < 4.78 is 72.4. The molecule has 0 spiro atoms. The number of nitrogens with one attached hydrogen (secondary N) is 1. The molecule has 1 N–H and O–H groups in total. The lowest BCUT2D eigenvalue weighted by Crippen LogP contribution is -2.46. The molecule has 2 heterocycles.